The van der Waals surface area contributed by atoms with E-state index in [2.05, 4.69) is 16.5 Å². The van der Waals surface area contributed by atoms with Gasteiger partial charge in [-0.2, -0.15) is 0 Å². The van der Waals surface area contributed by atoms with E-state index in [0.29, 0.717) is 12.3 Å². The number of hydrogen-bond donors (Lipinski definition) is 1. The molecule has 1 rings (SSSR count). The van der Waals surface area contributed by atoms with E-state index in [1.54, 1.807) is 19.4 Å². The van der Waals surface area contributed by atoms with E-state index in [1.807, 2.05) is 12.1 Å². The molecule has 4 nitrogen and oxygen atoms in total. The molecule has 0 fully saturated rings. The van der Waals surface area contributed by atoms with Crippen LogP contribution in [0, 0.1) is 0 Å². The van der Waals surface area contributed by atoms with Gasteiger partial charge in [-0.3, -0.25) is 0 Å². The second-order valence-corrected chi connectivity index (χ2v) is 3.17. The van der Waals surface area contributed by atoms with Crippen LogP contribution in [0.15, 0.2) is 31.0 Å². The molecule has 1 aromatic rings. The second kappa shape index (κ2) is 6.03. The fraction of sp³-hybridized carbons (Fsp3) is 0.364. The monoisotopic (exact) mass is 207 g/mol. The highest BCUT2D eigenvalue weighted by molar-refractivity contribution is 5.50. The van der Waals surface area contributed by atoms with Crippen LogP contribution < -0.4 is 10.6 Å². The number of methoxy groups -OCH3 is 1. The zero-order valence-electron chi connectivity index (χ0n) is 9.02. The van der Waals surface area contributed by atoms with Crippen molar-refractivity contribution in [3.05, 3.63) is 31.0 Å². The van der Waals surface area contributed by atoms with Crippen molar-refractivity contribution in [1.29, 1.82) is 0 Å². The first-order valence-electron chi connectivity index (χ1n) is 4.84. The van der Waals surface area contributed by atoms with Crippen molar-refractivity contribution >= 4 is 11.5 Å². The van der Waals surface area contributed by atoms with Crippen molar-refractivity contribution in [3.63, 3.8) is 0 Å². The summed E-state index contributed by atoms with van der Waals surface area (Å²) in [5, 5.41) is 0. The highest BCUT2D eigenvalue weighted by Gasteiger charge is 2.05. The van der Waals surface area contributed by atoms with E-state index in [-0.39, 0.29) is 0 Å². The van der Waals surface area contributed by atoms with Gasteiger partial charge in [-0.25, -0.2) is 4.98 Å². The summed E-state index contributed by atoms with van der Waals surface area (Å²) in [5.74, 6) is 0.854. The molecule has 0 saturated heterocycles. The molecule has 0 radical (unpaired) electrons. The van der Waals surface area contributed by atoms with E-state index in [4.69, 9.17) is 10.5 Å². The van der Waals surface area contributed by atoms with Crippen LogP contribution >= 0.6 is 0 Å². The number of anilines is 2. The number of aromatic nitrogens is 1. The smallest absolute Gasteiger partial charge is 0.130 e. The second-order valence-electron chi connectivity index (χ2n) is 3.17. The average Bonchev–Trinajstić information content (AvgIpc) is 2.24. The Balaban J connectivity index is 2.73. The number of nitrogen functional groups attached to an aromatic ring is 1. The quantitative estimate of drug-likeness (QED) is 0.714. The van der Waals surface area contributed by atoms with Crippen LogP contribution in [-0.2, 0) is 4.74 Å². The molecule has 2 N–H and O–H groups in total. The van der Waals surface area contributed by atoms with E-state index < -0.39 is 0 Å². The Morgan fingerprint density at radius 1 is 1.67 bits per heavy atom. The van der Waals surface area contributed by atoms with Gasteiger partial charge in [0.05, 0.1) is 6.61 Å². The third-order valence-electron chi connectivity index (χ3n) is 2.01. The largest absolute Gasteiger partial charge is 0.399 e. The summed E-state index contributed by atoms with van der Waals surface area (Å²) in [6.07, 6.45) is 3.54. The minimum Gasteiger partial charge on any atom is -0.399 e. The van der Waals surface area contributed by atoms with Crippen LogP contribution in [0.3, 0.4) is 0 Å². The Hall–Kier alpha value is -1.55. The summed E-state index contributed by atoms with van der Waals surface area (Å²) in [4.78, 5) is 6.32. The zero-order valence-corrected chi connectivity index (χ0v) is 9.02. The molecule has 0 aliphatic heterocycles. The Kier molecular flexibility index (Phi) is 4.63. The van der Waals surface area contributed by atoms with Gasteiger partial charge in [-0.1, -0.05) is 6.08 Å². The topological polar surface area (TPSA) is 51.4 Å². The predicted molar refractivity (Wildman–Crippen MR) is 62.9 cm³/mol. The van der Waals surface area contributed by atoms with Crippen LogP contribution in [-0.4, -0.2) is 31.8 Å². The molecular formula is C11H17N3O. The van der Waals surface area contributed by atoms with Gasteiger partial charge in [-0.05, 0) is 6.07 Å². The zero-order chi connectivity index (χ0) is 11.1. The van der Waals surface area contributed by atoms with Crippen molar-refractivity contribution in [2.45, 2.75) is 0 Å². The minimum atomic E-state index is 0.657. The lowest BCUT2D eigenvalue weighted by atomic mass is 10.3. The van der Waals surface area contributed by atoms with E-state index in [9.17, 15) is 0 Å². The van der Waals surface area contributed by atoms with Gasteiger partial charge in [0.1, 0.15) is 5.82 Å². The molecule has 82 valence electrons. The van der Waals surface area contributed by atoms with Crippen molar-refractivity contribution in [2.24, 2.45) is 0 Å². The summed E-state index contributed by atoms with van der Waals surface area (Å²) >= 11 is 0. The van der Waals surface area contributed by atoms with Crippen LogP contribution in [0.1, 0.15) is 0 Å². The predicted octanol–water partition coefficient (Wildman–Crippen LogP) is 1.30. The van der Waals surface area contributed by atoms with E-state index in [0.717, 1.165) is 18.9 Å². The minimum absolute atomic E-state index is 0.657. The number of hydrogen-bond acceptors (Lipinski definition) is 4. The standard InChI is InChI=1S/C11H17N3O/c1-3-6-14(7-8-15-2)11-9-10(12)4-5-13-11/h3-5,9H,1,6-8H2,2H3,(H2,12,13). The third kappa shape index (κ3) is 3.59. The Bertz CT molecular complexity index is 314. The van der Waals surface area contributed by atoms with Crippen molar-refractivity contribution in [2.75, 3.05) is 37.4 Å². The Morgan fingerprint density at radius 3 is 3.07 bits per heavy atom. The van der Waals surface area contributed by atoms with Crippen LogP contribution in [0.4, 0.5) is 11.5 Å². The number of rotatable bonds is 6. The summed E-state index contributed by atoms with van der Waals surface area (Å²) in [6, 6.07) is 3.62. The molecule has 4 heteroatoms. The fourth-order valence-electron chi connectivity index (χ4n) is 1.26. The average molecular weight is 207 g/mol. The third-order valence-corrected chi connectivity index (χ3v) is 2.01. The Morgan fingerprint density at radius 2 is 2.47 bits per heavy atom. The molecule has 0 aromatic carbocycles. The fourth-order valence-corrected chi connectivity index (χ4v) is 1.26. The molecule has 0 spiro atoms. The van der Waals surface area contributed by atoms with Crippen LogP contribution in [0.25, 0.3) is 0 Å². The van der Waals surface area contributed by atoms with Gasteiger partial charge in [0.2, 0.25) is 0 Å². The normalized spacial score (nSPS) is 9.93. The maximum atomic E-state index is 5.70. The first kappa shape index (κ1) is 11.5. The van der Waals surface area contributed by atoms with E-state index in [1.165, 1.54) is 0 Å². The van der Waals surface area contributed by atoms with Gasteiger partial charge in [0.25, 0.3) is 0 Å². The lowest BCUT2D eigenvalue weighted by Gasteiger charge is -2.21. The molecule has 15 heavy (non-hydrogen) atoms. The molecule has 0 atom stereocenters. The van der Waals surface area contributed by atoms with Gasteiger partial charge < -0.3 is 15.4 Å². The molecular weight excluding hydrogens is 190 g/mol. The SMILES string of the molecule is C=CCN(CCOC)c1cc(N)ccn1. The summed E-state index contributed by atoms with van der Waals surface area (Å²) in [5.41, 5.74) is 6.41. The van der Waals surface area contributed by atoms with Gasteiger partial charge in [0, 0.05) is 38.1 Å². The van der Waals surface area contributed by atoms with Crippen molar-refractivity contribution < 1.29 is 4.74 Å². The maximum absolute atomic E-state index is 5.70. The van der Waals surface area contributed by atoms with Gasteiger partial charge in [-0.15, -0.1) is 6.58 Å². The Labute approximate surface area is 90.4 Å². The number of nitrogens with two attached hydrogens (primary N) is 1. The lowest BCUT2D eigenvalue weighted by molar-refractivity contribution is 0.205. The van der Waals surface area contributed by atoms with Crippen LogP contribution in [0.5, 0.6) is 0 Å². The molecule has 0 amide bonds. The summed E-state index contributed by atoms with van der Waals surface area (Å²) in [6.45, 7) is 5.88. The first-order valence-corrected chi connectivity index (χ1v) is 4.84. The van der Waals surface area contributed by atoms with Crippen molar-refractivity contribution in [1.82, 2.24) is 4.98 Å². The molecule has 1 heterocycles. The highest BCUT2D eigenvalue weighted by Crippen LogP contribution is 2.13. The number of pyridine rings is 1. The first-order chi connectivity index (χ1) is 7.27. The highest BCUT2D eigenvalue weighted by atomic mass is 16.5. The molecule has 0 unspecified atom stereocenters. The summed E-state index contributed by atoms with van der Waals surface area (Å²) < 4.78 is 5.04. The lowest BCUT2D eigenvalue weighted by Crippen LogP contribution is -2.28. The molecule has 0 saturated carbocycles. The molecule has 0 bridgehead atoms. The van der Waals surface area contributed by atoms with E-state index >= 15 is 0 Å². The van der Waals surface area contributed by atoms with Crippen molar-refractivity contribution in [3.8, 4) is 0 Å². The van der Waals surface area contributed by atoms with Gasteiger partial charge in [0.15, 0.2) is 0 Å². The number of ether oxygens (including phenoxy) is 1. The molecule has 1 aromatic heterocycles. The molecule has 0 aliphatic carbocycles. The maximum Gasteiger partial charge on any atom is 0.130 e. The van der Waals surface area contributed by atoms with Gasteiger partial charge >= 0.3 is 0 Å². The summed E-state index contributed by atoms with van der Waals surface area (Å²) in [7, 11) is 1.68. The molecule has 0 aliphatic rings. The van der Waals surface area contributed by atoms with Crippen LogP contribution in [0.2, 0.25) is 0 Å². The number of nitrogens with zero attached hydrogens (tertiary/aromatic N) is 2.